The van der Waals surface area contributed by atoms with Crippen molar-refractivity contribution < 1.29 is 14.0 Å². The molecule has 4 aromatic rings. The highest BCUT2D eigenvalue weighted by molar-refractivity contribution is 6.02. The first-order valence-corrected chi connectivity index (χ1v) is 9.89. The number of nitrogens with zero attached hydrogens (tertiary/aromatic N) is 1. The van der Waals surface area contributed by atoms with E-state index in [0.29, 0.717) is 11.3 Å². The van der Waals surface area contributed by atoms with E-state index in [1.807, 2.05) is 49.4 Å². The number of aromatic nitrogens is 1. The van der Waals surface area contributed by atoms with Crippen molar-refractivity contribution in [2.45, 2.75) is 19.5 Å². The van der Waals surface area contributed by atoms with Gasteiger partial charge in [-0.1, -0.05) is 36.4 Å². The number of amides is 2. The Labute approximate surface area is 173 Å². The van der Waals surface area contributed by atoms with Crippen molar-refractivity contribution in [1.82, 2.24) is 15.2 Å². The van der Waals surface area contributed by atoms with Crippen LogP contribution in [0.1, 0.15) is 39.0 Å². The number of hydrogen-bond acceptors (Lipinski definition) is 3. The lowest BCUT2D eigenvalue weighted by molar-refractivity contribution is -0.122. The van der Waals surface area contributed by atoms with E-state index in [9.17, 15) is 9.59 Å². The van der Waals surface area contributed by atoms with Crippen molar-refractivity contribution >= 4 is 22.7 Å². The summed E-state index contributed by atoms with van der Waals surface area (Å²) in [6.45, 7) is 2.27. The number of carbonyl (C=O) groups excluding carboxylic acids is 2. The highest BCUT2D eigenvalue weighted by Crippen LogP contribution is 2.42. The van der Waals surface area contributed by atoms with Crippen molar-refractivity contribution in [2.75, 3.05) is 6.54 Å². The Hall–Kier alpha value is -3.80. The Kier molecular flexibility index (Phi) is 4.39. The topological polar surface area (TPSA) is 78.3 Å². The van der Waals surface area contributed by atoms with Crippen LogP contribution < -0.4 is 5.32 Å². The third-order valence-electron chi connectivity index (χ3n) is 5.63. The molecule has 0 aliphatic carbocycles. The number of carbonyl (C=O) groups is 2. The van der Waals surface area contributed by atoms with Crippen molar-refractivity contribution in [3.8, 4) is 0 Å². The zero-order chi connectivity index (χ0) is 20.7. The molecule has 2 aromatic heterocycles. The van der Waals surface area contributed by atoms with E-state index in [2.05, 4.69) is 16.4 Å². The number of hydrogen-bond donors (Lipinski definition) is 2. The molecule has 2 aromatic carbocycles. The van der Waals surface area contributed by atoms with Gasteiger partial charge in [0, 0.05) is 27.7 Å². The molecule has 5 rings (SSSR count). The van der Waals surface area contributed by atoms with E-state index < -0.39 is 0 Å². The lowest BCUT2D eigenvalue weighted by atomic mass is 9.95. The van der Waals surface area contributed by atoms with Crippen LogP contribution in [0.2, 0.25) is 0 Å². The van der Waals surface area contributed by atoms with E-state index in [4.69, 9.17) is 4.42 Å². The van der Waals surface area contributed by atoms with E-state index in [0.717, 1.165) is 27.7 Å². The standard InChI is InChI=1S/C24H21N3O3/c1-15-22(19-10-4-5-11-20(19)26-15)23-17-8-2-3-9-18(17)24(29)27(23)14-21(28)25-13-16-7-6-12-30-16/h2-12,23,26H,13-14H2,1H3,(H,25,28)/t23-/m0/s1. The molecular formula is C24H21N3O3. The van der Waals surface area contributed by atoms with Gasteiger partial charge in [0.05, 0.1) is 18.8 Å². The Morgan fingerprint density at radius 1 is 1.10 bits per heavy atom. The van der Waals surface area contributed by atoms with E-state index in [-0.39, 0.29) is 30.9 Å². The van der Waals surface area contributed by atoms with E-state index in [1.165, 1.54) is 0 Å². The summed E-state index contributed by atoms with van der Waals surface area (Å²) in [5.41, 5.74) is 4.61. The number of para-hydroxylation sites is 1. The van der Waals surface area contributed by atoms with Crippen molar-refractivity contribution in [2.24, 2.45) is 0 Å². The summed E-state index contributed by atoms with van der Waals surface area (Å²) in [6, 6.07) is 18.9. The monoisotopic (exact) mass is 399 g/mol. The summed E-state index contributed by atoms with van der Waals surface area (Å²) >= 11 is 0. The smallest absolute Gasteiger partial charge is 0.255 e. The zero-order valence-electron chi connectivity index (χ0n) is 16.5. The summed E-state index contributed by atoms with van der Waals surface area (Å²) < 4.78 is 5.27. The van der Waals surface area contributed by atoms with Gasteiger partial charge in [0.25, 0.3) is 5.91 Å². The largest absolute Gasteiger partial charge is 0.467 e. The molecule has 0 fully saturated rings. The quantitative estimate of drug-likeness (QED) is 0.534. The summed E-state index contributed by atoms with van der Waals surface area (Å²) in [5.74, 6) is 0.312. The summed E-state index contributed by atoms with van der Waals surface area (Å²) in [4.78, 5) is 31.0. The van der Waals surface area contributed by atoms with Gasteiger partial charge in [-0.15, -0.1) is 0 Å². The molecule has 1 atom stereocenters. The van der Waals surface area contributed by atoms with Crippen molar-refractivity contribution in [1.29, 1.82) is 0 Å². The van der Waals surface area contributed by atoms with Crippen molar-refractivity contribution in [3.05, 3.63) is 95.1 Å². The number of aromatic amines is 1. The molecule has 0 saturated carbocycles. The van der Waals surface area contributed by atoms with Gasteiger partial charge >= 0.3 is 0 Å². The molecule has 2 N–H and O–H groups in total. The molecule has 3 heterocycles. The van der Waals surface area contributed by atoms with Crippen LogP contribution in [0.15, 0.2) is 71.3 Å². The lowest BCUT2D eigenvalue weighted by Crippen LogP contribution is -2.39. The van der Waals surface area contributed by atoms with Crippen LogP contribution in [0.3, 0.4) is 0 Å². The second-order valence-electron chi connectivity index (χ2n) is 7.49. The van der Waals surface area contributed by atoms with Gasteiger partial charge in [0.1, 0.15) is 12.3 Å². The maximum Gasteiger partial charge on any atom is 0.255 e. The van der Waals surface area contributed by atoms with Gasteiger partial charge < -0.3 is 19.6 Å². The second kappa shape index (κ2) is 7.22. The first-order chi connectivity index (χ1) is 14.6. The molecule has 0 bridgehead atoms. The Morgan fingerprint density at radius 3 is 2.73 bits per heavy atom. The second-order valence-corrected chi connectivity index (χ2v) is 7.49. The normalized spacial score (nSPS) is 15.6. The SMILES string of the molecule is Cc1[nH]c2ccccc2c1[C@@H]1c2ccccc2C(=O)N1CC(=O)NCc1ccco1. The number of furan rings is 1. The minimum absolute atomic E-state index is 0.0299. The molecule has 0 saturated heterocycles. The molecule has 6 nitrogen and oxygen atoms in total. The minimum atomic E-state index is -0.320. The Morgan fingerprint density at radius 2 is 1.90 bits per heavy atom. The van der Waals surface area contributed by atoms with Crippen LogP contribution in [0.5, 0.6) is 0 Å². The van der Waals surface area contributed by atoms with Crippen LogP contribution in [0, 0.1) is 6.92 Å². The first-order valence-electron chi connectivity index (χ1n) is 9.89. The third kappa shape index (κ3) is 2.97. The van der Waals surface area contributed by atoms with Gasteiger partial charge in [-0.05, 0) is 36.8 Å². The predicted octanol–water partition coefficient (Wildman–Crippen LogP) is 3.93. The van der Waals surface area contributed by atoms with Crippen molar-refractivity contribution in [3.63, 3.8) is 0 Å². The number of fused-ring (bicyclic) bond motifs is 2. The van der Waals surface area contributed by atoms with Crippen LogP contribution >= 0.6 is 0 Å². The summed E-state index contributed by atoms with van der Waals surface area (Å²) in [7, 11) is 0. The van der Waals surface area contributed by atoms with Gasteiger partial charge in [-0.25, -0.2) is 0 Å². The molecule has 0 spiro atoms. The van der Waals surface area contributed by atoms with Gasteiger partial charge in [-0.2, -0.15) is 0 Å². The third-order valence-corrected chi connectivity index (χ3v) is 5.63. The number of nitrogens with one attached hydrogen (secondary N) is 2. The fourth-order valence-corrected chi connectivity index (χ4v) is 4.30. The zero-order valence-corrected chi connectivity index (χ0v) is 16.5. The predicted molar refractivity (Wildman–Crippen MR) is 113 cm³/mol. The van der Waals surface area contributed by atoms with Crippen LogP contribution in [0.4, 0.5) is 0 Å². The summed E-state index contributed by atoms with van der Waals surface area (Å²) in [5, 5.41) is 3.90. The molecule has 150 valence electrons. The number of H-pyrrole nitrogens is 1. The maximum atomic E-state index is 13.2. The molecule has 1 aliphatic heterocycles. The number of aryl methyl sites for hydroxylation is 1. The Balaban J connectivity index is 1.51. The molecule has 6 heteroatoms. The summed E-state index contributed by atoms with van der Waals surface area (Å²) in [6.07, 6.45) is 1.57. The lowest BCUT2D eigenvalue weighted by Gasteiger charge is -2.25. The Bertz CT molecular complexity index is 1240. The highest BCUT2D eigenvalue weighted by atomic mass is 16.3. The maximum absolute atomic E-state index is 13.2. The van der Waals surface area contributed by atoms with Gasteiger partial charge in [0.2, 0.25) is 5.91 Å². The van der Waals surface area contributed by atoms with Gasteiger partial charge in [-0.3, -0.25) is 9.59 Å². The first kappa shape index (κ1) is 18.2. The molecular weight excluding hydrogens is 378 g/mol. The average Bonchev–Trinajstić information content (AvgIpc) is 3.45. The average molecular weight is 399 g/mol. The van der Waals surface area contributed by atoms with Gasteiger partial charge in [0.15, 0.2) is 0 Å². The molecule has 0 unspecified atom stereocenters. The van der Waals surface area contributed by atoms with Crippen LogP contribution in [-0.2, 0) is 11.3 Å². The van der Waals surface area contributed by atoms with E-state index in [1.54, 1.807) is 23.3 Å². The molecule has 30 heavy (non-hydrogen) atoms. The minimum Gasteiger partial charge on any atom is -0.467 e. The number of rotatable bonds is 5. The fourth-order valence-electron chi connectivity index (χ4n) is 4.30. The number of benzene rings is 2. The highest BCUT2D eigenvalue weighted by Gasteiger charge is 2.40. The molecule has 1 aliphatic rings. The van der Waals surface area contributed by atoms with Crippen LogP contribution in [0.25, 0.3) is 10.9 Å². The van der Waals surface area contributed by atoms with E-state index >= 15 is 0 Å². The van der Waals surface area contributed by atoms with Crippen LogP contribution in [-0.4, -0.2) is 28.2 Å². The fraction of sp³-hybridized carbons (Fsp3) is 0.167. The molecule has 2 amide bonds. The molecule has 0 radical (unpaired) electrons.